The summed E-state index contributed by atoms with van der Waals surface area (Å²) in [5.74, 6) is 2.75. The molecule has 0 amide bonds. The summed E-state index contributed by atoms with van der Waals surface area (Å²) in [4.78, 5) is 24.1. The molecule has 0 unspecified atom stereocenters. The second-order valence-electron chi connectivity index (χ2n) is 8.22. The van der Waals surface area contributed by atoms with Gasteiger partial charge in [-0.15, -0.1) is 11.3 Å². The lowest BCUT2D eigenvalue weighted by Crippen LogP contribution is -2.27. The maximum Gasteiger partial charge on any atom is 0.262 e. The fraction of sp³-hybridized carbons (Fsp3) is 0.391. The standard InChI is InChI=1S/C23H22N4O4S2/c28-22-15-10-17-18(30-13-29-17)11-16(15)24-23(27(22)14-6-3-1-2-4-7-14)33-12-20-25-21(26-31-20)19-8-5-9-32-19/h5,8-11,14H,1-4,6-7,12-13H2. The number of hydrogen-bond donors (Lipinski definition) is 0. The number of fused-ring (bicyclic) bond motifs is 2. The Kier molecular flexibility index (Phi) is 5.55. The van der Waals surface area contributed by atoms with E-state index in [-0.39, 0.29) is 18.4 Å². The fourth-order valence-electron chi connectivity index (χ4n) is 4.45. The van der Waals surface area contributed by atoms with Gasteiger partial charge in [-0.05, 0) is 30.4 Å². The number of hydrogen-bond acceptors (Lipinski definition) is 9. The van der Waals surface area contributed by atoms with Crippen molar-refractivity contribution in [2.45, 2.75) is 55.5 Å². The summed E-state index contributed by atoms with van der Waals surface area (Å²) >= 11 is 3.03. The first-order chi connectivity index (χ1) is 16.3. The molecule has 3 aromatic heterocycles. The van der Waals surface area contributed by atoms with Gasteiger partial charge in [0.15, 0.2) is 16.7 Å². The molecule has 33 heavy (non-hydrogen) atoms. The van der Waals surface area contributed by atoms with Gasteiger partial charge in [0.05, 0.1) is 21.5 Å². The minimum absolute atomic E-state index is 0.0301. The van der Waals surface area contributed by atoms with E-state index >= 15 is 0 Å². The monoisotopic (exact) mass is 482 g/mol. The molecule has 0 radical (unpaired) electrons. The lowest BCUT2D eigenvalue weighted by molar-refractivity contribution is 0.174. The van der Waals surface area contributed by atoms with Crippen molar-refractivity contribution < 1.29 is 14.0 Å². The molecule has 1 saturated carbocycles. The van der Waals surface area contributed by atoms with Crippen molar-refractivity contribution in [1.82, 2.24) is 19.7 Å². The third kappa shape index (κ3) is 4.02. The Morgan fingerprint density at radius 3 is 2.70 bits per heavy atom. The van der Waals surface area contributed by atoms with Crippen LogP contribution in [0, 0.1) is 0 Å². The number of thioether (sulfide) groups is 1. The molecular formula is C23H22N4O4S2. The summed E-state index contributed by atoms with van der Waals surface area (Å²) in [6.45, 7) is 0.161. The highest BCUT2D eigenvalue weighted by molar-refractivity contribution is 7.98. The van der Waals surface area contributed by atoms with Crippen molar-refractivity contribution in [1.29, 1.82) is 0 Å². The Morgan fingerprint density at radius 2 is 1.91 bits per heavy atom. The Morgan fingerprint density at radius 1 is 1.09 bits per heavy atom. The van der Waals surface area contributed by atoms with Crippen molar-refractivity contribution >= 4 is 34.0 Å². The number of rotatable bonds is 5. The van der Waals surface area contributed by atoms with Crippen LogP contribution in [-0.2, 0) is 5.75 Å². The van der Waals surface area contributed by atoms with E-state index < -0.39 is 0 Å². The third-order valence-corrected chi connectivity index (χ3v) is 7.89. The van der Waals surface area contributed by atoms with Crippen LogP contribution >= 0.6 is 23.1 Å². The van der Waals surface area contributed by atoms with Gasteiger partial charge in [0.2, 0.25) is 18.5 Å². The van der Waals surface area contributed by atoms with Gasteiger partial charge in [0.25, 0.3) is 5.56 Å². The van der Waals surface area contributed by atoms with Crippen LogP contribution in [0.1, 0.15) is 50.5 Å². The molecule has 8 nitrogen and oxygen atoms in total. The molecule has 170 valence electrons. The third-order valence-electron chi connectivity index (χ3n) is 6.09. The van der Waals surface area contributed by atoms with E-state index in [1.807, 2.05) is 22.1 Å². The number of ether oxygens (including phenoxy) is 2. The Labute approximate surface area is 197 Å². The lowest BCUT2D eigenvalue weighted by Gasteiger charge is -2.21. The molecule has 1 aliphatic carbocycles. The zero-order valence-corrected chi connectivity index (χ0v) is 19.5. The SMILES string of the molecule is O=c1c2cc3c(cc2nc(SCc2nc(-c4cccs4)no2)n1C1CCCCCC1)OCO3. The van der Waals surface area contributed by atoms with E-state index in [2.05, 4.69) is 10.1 Å². The molecule has 4 heterocycles. The molecule has 1 aromatic carbocycles. The molecule has 4 aromatic rings. The molecule has 0 bridgehead atoms. The summed E-state index contributed by atoms with van der Waals surface area (Å²) in [6.07, 6.45) is 6.62. The minimum atomic E-state index is -0.0301. The highest BCUT2D eigenvalue weighted by atomic mass is 32.2. The van der Waals surface area contributed by atoms with Crippen molar-refractivity contribution in [2.75, 3.05) is 6.79 Å². The van der Waals surface area contributed by atoms with Gasteiger partial charge < -0.3 is 14.0 Å². The topological polar surface area (TPSA) is 92.3 Å². The highest BCUT2D eigenvalue weighted by Crippen LogP contribution is 2.37. The quantitative estimate of drug-likeness (QED) is 0.211. The van der Waals surface area contributed by atoms with Crippen LogP contribution < -0.4 is 15.0 Å². The van der Waals surface area contributed by atoms with E-state index in [0.29, 0.717) is 45.0 Å². The van der Waals surface area contributed by atoms with Crippen molar-refractivity contribution in [3.05, 3.63) is 45.9 Å². The maximum atomic E-state index is 13.7. The van der Waals surface area contributed by atoms with Crippen LogP contribution in [-0.4, -0.2) is 26.5 Å². The van der Waals surface area contributed by atoms with E-state index in [1.54, 1.807) is 23.5 Å². The number of aromatic nitrogens is 4. The highest BCUT2D eigenvalue weighted by Gasteiger charge is 2.24. The maximum absolute atomic E-state index is 13.7. The van der Waals surface area contributed by atoms with Gasteiger partial charge in [0.1, 0.15) is 0 Å². The molecule has 0 N–H and O–H groups in total. The van der Waals surface area contributed by atoms with Crippen LogP contribution in [0.15, 0.2) is 44.1 Å². The largest absolute Gasteiger partial charge is 0.454 e. The number of thiophene rings is 1. The zero-order valence-electron chi connectivity index (χ0n) is 17.9. The van der Waals surface area contributed by atoms with E-state index in [9.17, 15) is 4.79 Å². The van der Waals surface area contributed by atoms with Crippen molar-refractivity contribution in [2.24, 2.45) is 0 Å². The van der Waals surface area contributed by atoms with Crippen LogP contribution in [0.5, 0.6) is 11.5 Å². The van der Waals surface area contributed by atoms with E-state index in [4.69, 9.17) is 19.0 Å². The van der Waals surface area contributed by atoms with Crippen LogP contribution in [0.3, 0.4) is 0 Å². The summed E-state index contributed by atoms with van der Waals surface area (Å²) in [5, 5.41) is 7.31. The van der Waals surface area contributed by atoms with Gasteiger partial charge in [-0.3, -0.25) is 9.36 Å². The van der Waals surface area contributed by atoms with Gasteiger partial charge in [0, 0.05) is 12.1 Å². The summed E-state index contributed by atoms with van der Waals surface area (Å²) in [5.41, 5.74) is 0.582. The predicted octanol–water partition coefficient (Wildman–Crippen LogP) is 5.42. The van der Waals surface area contributed by atoms with Gasteiger partial charge in [-0.1, -0.05) is 48.7 Å². The molecule has 10 heteroatoms. The fourth-order valence-corrected chi connectivity index (χ4v) is 6.01. The molecule has 6 rings (SSSR count). The van der Waals surface area contributed by atoms with Crippen molar-refractivity contribution in [3.63, 3.8) is 0 Å². The van der Waals surface area contributed by atoms with Gasteiger partial charge in [-0.2, -0.15) is 4.98 Å². The lowest BCUT2D eigenvalue weighted by atomic mass is 10.1. The molecular weight excluding hydrogens is 460 g/mol. The van der Waals surface area contributed by atoms with Gasteiger partial charge in [-0.25, -0.2) is 4.98 Å². The smallest absolute Gasteiger partial charge is 0.262 e. The first-order valence-corrected chi connectivity index (χ1v) is 13.0. The van der Waals surface area contributed by atoms with Crippen LogP contribution in [0.4, 0.5) is 0 Å². The minimum Gasteiger partial charge on any atom is -0.454 e. The first kappa shape index (κ1) is 20.7. The summed E-state index contributed by atoms with van der Waals surface area (Å²) in [7, 11) is 0. The van der Waals surface area contributed by atoms with E-state index in [0.717, 1.165) is 30.6 Å². The normalized spacial score (nSPS) is 16.4. The van der Waals surface area contributed by atoms with E-state index in [1.165, 1.54) is 24.6 Å². The molecule has 2 aliphatic rings. The second-order valence-corrected chi connectivity index (χ2v) is 10.1. The number of nitrogens with zero attached hydrogens (tertiary/aromatic N) is 4. The van der Waals surface area contributed by atoms with Gasteiger partial charge >= 0.3 is 0 Å². The Hall–Kier alpha value is -2.85. The average Bonchev–Trinajstić information content (AvgIpc) is 3.56. The van der Waals surface area contributed by atoms with Crippen molar-refractivity contribution in [3.8, 4) is 22.2 Å². The molecule has 1 aliphatic heterocycles. The molecule has 0 spiro atoms. The summed E-state index contributed by atoms with van der Waals surface area (Å²) in [6, 6.07) is 7.61. The number of benzene rings is 1. The molecule has 0 saturated heterocycles. The molecule has 1 fully saturated rings. The second kappa shape index (κ2) is 8.83. The predicted molar refractivity (Wildman–Crippen MR) is 126 cm³/mol. The molecule has 0 atom stereocenters. The van der Waals surface area contributed by atoms with Crippen LogP contribution in [0.2, 0.25) is 0 Å². The summed E-state index contributed by atoms with van der Waals surface area (Å²) < 4.78 is 18.4. The average molecular weight is 483 g/mol. The van der Waals surface area contributed by atoms with Crippen LogP contribution in [0.25, 0.3) is 21.6 Å². The Bertz CT molecular complexity index is 1340. The zero-order chi connectivity index (χ0) is 22.2. The first-order valence-electron chi connectivity index (χ1n) is 11.1. The Balaban J connectivity index is 1.38.